The van der Waals surface area contributed by atoms with Gasteiger partial charge in [-0.25, -0.2) is 8.42 Å². The fourth-order valence-electron chi connectivity index (χ4n) is 2.24. The average molecular weight is 361 g/mol. The van der Waals surface area contributed by atoms with Crippen molar-refractivity contribution in [1.29, 1.82) is 0 Å². The quantitative estimate of drug-likeness (QED) is 0.718. The summed E-state index contributed by atoms with van der Waals surface area (Å²) in [6, 6.07) is 11.3. The Labute approximate surface area is 146 Å². The number of nitrogens with zero attached hydrogens (tertiary/aromatic N) is 4. The standard InChI is InChI=1S/C16H19N5O3S/c1-20(2)13-8-6-12(7-9-13)11-17-16-18-15(14-5-4-10-24-14)19-21(16)25(3,22)23/h4-10H,11H2,1-3H3,(H,17,18,19). The van der Waals surface area contributed by atoms with Crippen LogP contribution in [-0.4, -0.2) is 42.9 Å². The molecule has 0 radical (unpaired) electrons. The predicted octanol–water partition coefficient (Wildman–Crippen LogP) is 2.02. The zero-order valence-corrected chi connectivity index (χ0v) is 15.0. The predicted molar refractivity (Wildman–Crippen MR) is 96.1 cm³/mol. The molecule has 3 aromatic rings. The molecule has 1 N–H and O–H groups in total. The zero-order valence-electron chi connectivity index (χ0n) is 14.2. The number of rotatable bonds is 6. The van der Waals surface area contributed by atoms with E-state index in [1.807, 2.05) is 43.3 Å². The van der Waals surface area contributed by atoms with Gasteiger partial charge in [0.15, 0.2) is 5.76 Å². The second kappa shape index (κ2) is 6.60. The molecule has 0 unspecified atom stereocenters. The van der Waals surface area contributed by atoms with E-state index >= 15 is 0 Å². The monoisotopic (exact) mass is 361 g/mol. The van der Waals surface area contributed by atoms with Crippen LogP contribution in [0.15, 0.2) is 47.1 Å². The summed E-state index contributed by atoms with van der Waals surface area (Å²) in [5.41, 5.74) is 2.08. The van der Waals surface area contributed by atoms with Gasteiger partial charge in [-0.3, -0.25) is 0 Å². The molecule has 0 fully saturated rings. The summed E-state index contributed by atoms with van der Waals surface area (Å²) >= 11 is 0. The van der Waals surface area contributed by atoms with Crippen LogP contribution in [0.2, 0.25) is 0 Å². The lowest BCUT2D eigenvalue weighted by molar-refractivity contribution is 0.575. The molecule has 0 bridgehead atoms. The molecule has 2 heterocycles. The minimum atomic E-state index is -3.59. The summed E-state index contributed by atoms with van der Waals surface area (Å²) in [6.45, 7) is 0.416. The van der Waals surface area contributed by atoms with Crippen molar-refractivity contribution in [3.8, 4) is 11.6 Å². The molecule has 0 amide bonds. The Morgan fingerprint density at radius 1 is 1.20 bits per heavy atom. The number of hydrogen-bond donors (Lipinski definition) is 1. The van der Waals surface area contributed by atoms with Gasteiger partial charge in [-0.15, -0.1) is 9.19 Å². The largest absolute Gasteiger partial charge is 0.461 e. The van der Waals surface area contributed by atoms with E-state index in [1.54, 1.807) is 12.1 Å². The second-order valence-corrected chi connectivity index (χ2v) is 7.57. The fraction of sp³-hybridized carbons (Fsp3) is 0.250. The van der Waals surface area contributed by atoms with Crippen LogP contribution >= 0.6 is 0 Å². The van der Waals surface area contributed by atoms with Crippen LogP contribution < -0.4 is 10.2 Å². The number of benzene rings is 1. The molecule has 0 saturated carbocycles. The smallest absolute Gasteiger partial charge is 0.254 e. The van der Waals surface area contributed by atoms with Crippen LogP contribution in [0.4, 0.5) is 11.6 Å². The summed E-state index contributed by atoms with van der Waals surface area (Å²) in [5.74, 6) is 0.757. The Morgan fingerprint density at radius 3 is 2.48 bits per heavy atom. The first kappa shape index (κ1) is 17.0. The molecule has 0 spiro atoms. The minimum absolute atomic E-state index is 0.144. The van der Waals surface area contributed by atoms with Crippen molar-refractivity contribution in [2.45, 2.75) is 6.54 Å². The zero-order chi connectivity index (χ0) is 18.0. The second-order valence-electron chi connectivity index (χ2n) is 5.76. The molecule has 1 aromatic carbocycles. The average Bonchev–Trinajstić information content (AvgIpc) is 3.22. The molecule has 0 atom stereocenters. The van der Waals surface area contributed by atoms with Crippen LogP contribution in [0.25, 0.3) is 11.6 Å². The maximum absolute atomic E-state index is 12.0. The van der Waals surface area contributed by atoms with Gasteiger partial charge in [-0.1, -0.05) is 12.1 Å². The van der Waals surface area contributed by atoms with E-state index in [0.717, 1.165) is 21.6 Å². The van der Waals surface area contributed by atoms with Crippen LogP contribution in [0.3, 0.4) is 0 Å². The third-order valence-corrected chi connectivity index (χ3v) is 4.42. The van der Waals surface area contributed by atoms with Gasteiger partial charge in [-0.2, -0.15) is 4.98 Å². The highest BCUT2D eigenvalue weighted by molar-refractivity contribution is 7.89. The number of nitrogens with one attached hydrogen (secondary N) is 1. The fourth-order valence-corrected chi connectivity index (χ4v) is 2.89. The summed E-state index contributed by atoms with van der Waals surface area (Å²) in [6.07, 6.45) is 2.56. The molecule has 0 aliphatic heterocycles. The first-order chi connectivity index (χ1) is 11.8. The van der Waals surface area contributed by atoms with E-state index < -0.39 is 10.0 Å². The maximum atomic E-state index is 12.0. The molecule has 9 heteroatoms. The maximum Gasteiger partial charge on any atom is 0.254 e. The van der Waals surface area contributed by atoms with Gasteiger partial charge in [0.25, 0.3) is 10.0 Å². The van der Waals surface area contributed by atoms with Gasteiger partial charge >= 0.3 is 0 Å². The Hall–Kier alpha value is -2.81. The normalized spacial score (nSPS) is 11.5. The van der Waals surface area contributed by atoms with Crippen molar-refractivity contribution < 1.29 is 12.8 Å². The van der Waals surface area contributed by atoms with E-state index in [-0.39, 0.29) is 11.8 Å². The van der Waals surface area contributed by atoms with E-state index in [1.165, 1.54) is 6.26 Å². The molecule has 0 aliphatic carbocycles. The SMILES string of the molecule is CN(C)c1ccc(CNc2nc(-c3ccco3)nn2S(C)(=O)=O)cc1. The Balaban J connectivity index is 1.84. The third-order valence-electron chi connectivity index (χ3n) is 3.54. The first-order valence-electron chi connectivity index (χ1n) is 7.56. The lowest BCUT2D eigenvalue weighted by Crippen LogP contribution is -2.16. The highest BCUT2D eigenvalue weighted by Crippen LogP contribution is 2.20. The van der Waals surface area contributed by atoms with Crippen LogP contribution in [-0.2, 0) is 16.6 Å². The van der Waals surface area contributed by atoms with E-state index in [9.17, 15) is 8.42 Å². The summed E-state index contributed by atoms with van der Waals surface area (Å²) in [4.78, 5) is 6.25. The molecule has 3 rings (SSSR count). The van der Waals surface area contributed by atoms with Crippen molar-refractivity contribution in [1.82, 2.24) is 14.2 Å². The molecule has 132 valence electrons. The highest BCUT2D eigenvalue weighted by Gasteiger charge is 2.19. The molecule has 8 nitrogen and oxygen atoms in total. The molecular weight excluding hydrogens is 342 g/mol. The van der Waals surface area contributed by atoms with Gasteiger partial charge < -0.3 is 14.6 Å². The van der Waals surface area contributed by atoms with Crippen LogP contribution in [0.5, 0.6) is 0 Å². The Bertz CT molecular complexity index is 944. The van der Waals surface area contributed by atoms with Crippen LogP contribution in [0.1, 0.15) is 5.56 Å². The van der Waals surface area contributed by atoms with Gasteiger partial charge in [0, 0.05) is 26.3 Å². The third kappa shape index (κ3) is 3.82. The molecule has 0 aliphatic rings. The van der Waals surface area contributed by atoms with Crippen molar-refractivity contribution in [2.75, 3.05) is 30.6 Å². The van der Waals surface area contributed by atoms with E-state index in [0.29, 0.717) is 12.3 Å². The highest BCUT2D eigenvalue weighted by atomic mass is 32.2. The number of hydrogen-bond acceptors (Lipinski definition) is 7. The van der Waals surface area contributed by atoms with Gasteiger partial charge in [0.05, 0.1) is 12.5 Å². The number of furan rings is 1. The Morgan fingerprint density at radius 2 is 1.92 bits per heavy atom. The van der Waals surface area contributed by atoms with Crippen molar-refractivity contribution >= 4 is 21.7 Å². The molecule has 0 saturated heterocycles. The van der Waals surface area contributed by atoms with Gasteiger partial charge in [0.2, 0.25) is 11.8 Å². The topological polar surface area (TPSA) is 93.3 Å². The number of anilines is 2. The molecule has 25 heavy (non-hydrogen) atoms. The van der Waals surface area contributed by atoms with Crippen molar-refractivity contribution in [3.05, 3.63) is 48.2 Å². The minimum Gasteiger partial charge on any atom is -0.461 e. The first-order valence-corrected chi connectivity index (χ1v) is 9.41. The lowest BCUT2D eigenvalue weighted by atomic mass is 10.2. The molecule has 2 aromatic heterocycles. The van der Waals surface area contributed by atoms with E-state index in [2.05, 4.69) is 15.4 Å². The number of aromatic nitrogens is 3. The van der Waals surface area contributed by atoms with Crippen molar-refractivity contribution in [3.63, 3.8) is 0 Å². The van der Waals surface area contributed by atoms with Gasteiger partial charge in [0.1, 0.15) is 0 Å². The van der Waals surface area contributed by atoms with Crippen LogP contribution in [0, 0.1) is 0 Å². The van der Waals surface area contributed by atoms with Gasteiger partial charge in [-0.05, 0) is 29.8 Å². The molecular formula is C16H19N5O3S. The van der Waals surface area contributed by atoms with Crippen molar-refractivity contribution in [2.24, 2.45) is 0 Å². The summed E-state index contributed by atoms with van der Waals surface area (Å²) < 4.78 is 30.0. The summed E-state index contributed by atoms with van der Waals surface area (Å²) in [5, 5.41) is 7.05. The van der Waals surface area contributed by atoms with E-state index in [4.69, 9.17) is 4.42 Å². The summed E-state index contributed by atoms with van der Waals surface area (Å²) in [7, 11) is 0.347. The Kier molecular flexibility index (Phi) is 4.49. The lowest BCUT2D eigenvalue weighted by Gasteiger charge is -2.13.